The molecule has 1 saturated heterocycles. The van der Waals surface area contributed by atoms with Crippen LogP contribution in [0, 0.1) is 0 Å². The van der Waals surface area contributed by atoms with Crippen LogP contribution in [-0.4, -0.2) is 35.0 Å². The van der Waals surface area contributed by atoms with Gasteiger partial charge in [-0.05, 0) is 35.4 Å². The predicted octanol–water partition coefficient (Wildman–Crippen LogP) is 5.34. The first-order valence-corrected chi connectivity index (χ1v) is 10.1. The Balaban J connectivity index is 1.46. The van der Waals surface area contributed by atoms with Crippen LogP contribution < -0.4 is 4.74 Å². The van der Waals surface area contributed by atoms with Crippen LogP contribution in [0.25, 0.3) is 22.0 Å². The molecule has 2 heterocycles. The van der Waals surface area contributed by atoms with Crippen molar-refractivity contribution in [3.63, 3.8) is 0 Å². The fourth-order valence-electron chi connectivity index (χ4n) is 3.65. The molecule has 0 atom stereocenters. The summed E-state index contributed by atoms with van der Waals surface area (Å²) in [7, 11) is 0. The lowest BCUT2D eigenvalue weighted by molar-refractivity contribution is -0.132. The number of halogens is 1. The summed E-state index contributed by atoms with van der Waals surface area (Å²) in [5, 5.41) is 1.72. The topological polar surface area (TPSA) is 42.4 Å². The lowest BCUT2D eigenvalue weighted by atomic mass is 10.0. The van der Waals surface area contributed by atoms with Gasteiger partial charge in [0.05, 0.1) is 10.5 Å². The number of benzene rings is 2. The molecule has 0 radical (unpaired) electrons. The van der Waals surface area contributed by atoms with Crippen LogP contribution in [0.2, 0.25) is 5.02 Å². The number of fused-ring (bicyclic) bond motifs is 1. The summed E-state index contributed by atoms with van der Waals surface area (Å²) in [5.74, 6) is 0.912. The first-order chi connectivity index (χ1) is 13.6. The van der Waals surface area contributed by atoms with E-state index in [2.05, 4.69) is 29.2 Å². The molecule has 28 heavy (non-hydrogen) atoms. The zero-order chi connectivity index (χ0) is 19.5. The Morgan fingerprint density at radius 2 is 1.89 bits per heavy atom. The highest BCUT2D eigenvalue weighted by molar-refractivity contribution is 6.32. The number of amides is 1. The van der Waals surface area contributed by atoms with E-state index in [1.807, 2.05) is 36.1 Å². The number of pyridine rings is 1. The standard InChI is InChI=1S/C23H23ClN2O2/c1-2-23(27)26-12-9-19(10-13-26)28-22-8-7-17(14-20(22)24)18-6-5-16-4-3-11-25-21(16)15-18/h3-8,11,14-15,19H,2,9-10,12-13H2,1H3. The predicted molar refractivity (Wildman–Crippen MR) is 113 cm³/mol. The maximum absolute atomic E-state index is 11.8. The second kappa shape index (κ2) is 8.19. The minimum Gasteiger partial charge on any atom is -0.489 e. The molecule has 4 nitrogen and oxygen atoms in total. The largest absolute Gasteiger partial charge is 0.489 e. The highest BCUT2D eigenvalue weighted by Gasteiger charge is 2.23. The normalized spacial score (nSPS) is 15.0. The maximum Gasteiger partial charge on any atom is 0.222 e. The lowest BCUT2D eigenvalue weighted by Gasteiger charge is -2.32. The SMILES string of the molecule is CCC(=O)N1CCC(Oc2ccc(-c3ccc4cccnc4c3)cc2Cl)CC1. The quantitative estimate of drug-likeness (QED) is 0.600. The first-order valence-electron chi connectivity index (χ1n) is 9.73. The molecule has 1 amide bonds. The number of carbonyl (C=O) groups excluding carboxylic acids is 1. The Hall–Kier alpha value is -2.59. The van der Waals surface area contributed by atoms with E-state index in [1.54, 1.807) is 6.20 Å². The fourth-order valence-corrected chi connectivity index (χ4v) is 3.87. The molecule has 5 heteroatoms. The van der Waals surface area contributed by atoms with Gasteiger partial charge >= 0.3 is 0 Å². The summed E-state index contributed by atoms with van der Waals surface area (Å²) >= 11 is 6.51. The number of carbonyl (C=O) groups is 1. The van der Waals surface area contributed by atoms with Gasteiger partial charge in [0.1, 0.15) is 11.9 Å². The second-order valence-corrected chi connectivity index (χ2v) is 7.51. The monoisotopic (exact) mass is 394 g/mol. The number of ether oxygens (including phenoxy) is 1. The number of piperidine rings is 1. The minimum absolute atomic E-state index is 0.0918. The molecule has 0 bridgehead atoms. The maximum atomic E-state index is 11.8. The van der Waals surface area contributed by atoms with Gasteiger partial charge in [0.2, 0.25) is 5.91 Å². The average Bonchev–Trinajstić information content (AvgIpc) is 2.74. The van der Waals surface area contributed by atoms with Gasteiger partial charge in [0, 0.05) is 43.9 Å². The van der Waals surface area contributed by atoms with Gasteiger partial charge in [-0.2, -0.15) is 0 Å². The Morgan fingerprint density at radius 3 is 2.64 bits per heavy atom. The zero-order valence-corrected chi connectivity index (χ0v) is 16.7. The number of aromatic nitrogens is 1. The van der Waals surface area contributed by atoms with Crippen molar-refractivity contribution < 1.29 is 9.53 Å². The van der Waals surface area contributed by atoms with Crippen LogP contribution in [0.5, 0.6) is 5.75 Å². The molecule has 3 aromatic rings. The highest BCUT2D eigenvalue weighted by Crippen LogP contribution is 2.33. The number of nitrogens with zero attached hydrogens (tertiary/aromatic N) is 2. The molecule has 0 spiro atoms. The summed E-state index contributed by atoms with van der Waals surface area (Å²) in [5.41, 5.74) is 3.07. The molecule has 0 saturated carbocycles. The molecular formula is C23H23ClN2O2. The molecule has 1 aliphatic heterocycles. The Kier molecular flexibility index (Phi) is 5.49. The van der Waals surface area contributed by atoms with E-state index in [0.29, 0.717) is 17.2 Å². The van der Waals surface area contributed by atoms with Crippen LogP contribution in [0.1, 0.15) is 26.2 Å². The van der Waals surface area contributed by atoms with Gasteiger partial charge in [0.25, 0.3) is 0 Å². The fraction of sp³-hybridized carbons (Fsp3) is 0.304. The van der Waals surface area contributed by atoms with E-state index in [1.165, 1.54) is 0 Å². The molecule has 2 aromatic carbocycles. The van der Waals surface area contributed by atoms with Gasteiger partial charge in [-0.3, -0.25) is 9.78 Å². The highest BCUT2D eigenvalue weighted by atomic mass is 35.5. The van der Waals surface area contributed by atoms with Crippen molar-refractivity contribution in [2.45, 2.75) is 32.3 Å². The van der Waals surface area contributed by atoms with Crippen molar-refractivity contribution in [3.8, 4) is 16.9 Å². The third kappa shape index (κ3) is 3.97. The van der Waals surface area contributed by atoms with E-state index < -0.39 is 0 Å². The molecule has 0 unspecified atom stereocenters. The summed E-state index contributed by atoms with van der Waals surface area (Å²) in [6, 6.07) is 16.1. The van der Waals surface area contributed by atoms with Crippen molar-refractivity contribution in [2.24, 2.45) is 0 Å². The summed E-state index contributed by atoms with van der Waals surface area (Å²) < 4.78 is 6.13. The van der Waals surface area contributed by atoms with Crippen molar-refractivity contribution in [1.82, 2.24) is 9.88 Å². The van der Waals surface area contributed by atoms with Crippen molar-refractivity contribution in [2.75, 3.05) is 13.1 Å². The second-order valence-electron chi connectivity index (χ2n) is 7.11. The molecule has 144 valence electrons. The van der Waals surface area contributed by atoms with Crippen molar-refractivity contribution in [1.29, 1.82) is 0 Å². The first kappa shape index (κ1) is 18.8. The molecule has 1 aromatic heterocycles. The molecule has 0 N–H and O–H groups in total. The van der Waals surface area contributed by atoms with E-state index in [-0.39, 0.29) is 12.0 Å². The lowest BCUT2D eigenvalue weighted by Crippen LogP contribution is -2.41. The third-order valence-electron chi connectivity index (χ3n) is 5.26. The van der Waals surface area contributed by atoms with Crippen molar-refractivity contribution in [3.05, 3.63) is 59.8 Å². The molecule has 4 rings (SSSR count). The number of rotatable bonds is 4. The summed E-state index contributed by atoms with van der Waals surface area (Å²) in [6.45, 7) is 3.39. The summed E-state index contributed by atoms with van der Waals surface area (Å²) in [4.78, 5) is 18.1. The van der Waals surface area contributed by atoms with Crippen LogP contribution in [-0.2, 0) is 4.79 Å². The van der Waals surface area contributed by atoms with Gasteiger partial charge in [-0.15, -0.1) is 0 Å². The molecule has 1 aliphatic rings. The number of likely N-dealkylation sites (tertiary alicyclic amines) is 1. The van der Waals surface area contributed by atoms with Gasteiger partial charge in [0.15, 0.2) is 0 Å². The molecule has 1 fully saturated rings. The van der Waals surface area contributed by atoms with Gasteiger partial charge in [-0.1, -0.05) is 42.8 Å². The minimum atomic E-state index is 0.0918. The van der Waals surface area contributed by atoms with E-state index in [4.69, 9.17) is 16.3 Å². The number of hydrogen-bond acceptors (Lipinski definition) is 3. The van der Waals surface area contributed by atoms with Crippen LogP contribution in [0.15, 0.2) is 54.7 Å². The van der Waals surface area contributed by atoms with E-state index in [9.17, 15) is 4.79 Å². The van der Waals surface area contributed by atoms with Gasteiger partial charge in [-0.25, -0.2) is 0 Å². The Labute approximate surface area is 170 Å². The third-order valence-corrected chi connectivity index (χ3v) is 5.56. The van der Waals surface area contributed by atoms with E-state index in [0.717, 1.165) is 48.0 Å². The van der Waals surface area contributed by atoms with Crippen molar-refractivity contribution >= 4 is 28.4 Å². The summed E-state index contributed by atoms with van der Waals surface area (Å²) in [6.07, 6.45) is 4.12. The molecule has 0 aliphatic carbocycles. The zero-order valence-electron chi connectivity index (χ0n) is 15.9. The van der Waals surface area contributed by atoms with Crippen LogP contribution in [0.3, 0.4) is 0 Å². The Morgan fingerprint density at radius 1 is 1.14 bits per heavy atom. The van der Waals surface area contributed by atoms with Crippen LogP contribution in [0.4, 0.5) is 0 Å². The average molecular weight is 395 g/mol. The Bertz CT molecular complexity index is 997. The van der Waals surface area contributed by atoms with Gasteiger partial charge < -0.3 is 9.64 Å². The number of hydrogen-bond donors (Lipinski definition) is 0. The smallest absolute Gasteiger partial charge is 0.222 e. The molecular weight excluding hydrogens is 372 g/mol. The van der Waals surface area contributed by atoms with E-state index >= 15 is 0 Å². The van der Waals surface area contributed by atoms with Crippen LogP contribution >= 0.6 is 11.6 Å².